The van der Waals surface area contributed by atoms with Crippen molar-refractivity contribution >= 4 is 0 Å². The van der Waals surface area contributed by atoms with Crippen LogP contribution < -0.4 is 11.5 Å². The lowest BCUT2D eigenvalue weighted by atomic mass is 10.2. The average Bonchev–Trinajstić information content (AvgIpc) is 1.81. The predicted molar refractivity (Wildman–Crippen MR) is 37.8 cm³/mol. The van der Waals surface area contributed by atoms with E-state index in [-0.39, 0.29) is 11.0 Å². The molecule has 0 aromatic rings. The van der Waals surface area contributed by atoms with E-state index < -0.39 is 0 Å². The molecule has 0 fully saturated rings. The van der Waals surface area contributed by atoms with Crippen molar-refractivity contribution in [1.29, 1.82) is 0 Å². The molecule has 0 aliphatic rings. The van der Waals surface area contributed by atoms with Crippen molar-refractivity contribution < 1.29 is 22.4 Å². The molecule has 0 aliphatic carbocycles. The molecule has 0 atom stereocenters. The molecule has 0 rings (SSSR count). The zero-order valence-corrected chi connectivity index (χ0v) is 6.55. The van der Waals surface area contributed by atoms with Gasteiger partial charge in [-0.15, -0.1) is 0 Å². The monoisotopic (exact) mass is 152 g/mol. The minimum absolute atomic E-state index is 0. The largest absolute Gasteiger partial charge is 0.870 e. The van der Waals surface area contributed by atoms with Gasteiger partial charge in [0.05, 0.1) is 13.1 Å². The smallest absolute Gasteiger partial charge is 0.0739 e. The molecule has 0 aromatic carbocycles. The quantitative estimate of drug-likeness (QED) is 0.475. The van der Waals surface area contributed by atoms with Gasteiger partial charge in [-0.1, -0.05) is 0 Å². The van der Waals surface area contributed by atoms with E-state index in [0.29, 0.717) is 0 Å². The van der Waals surface area contributed by atoms with Crippen LogP contribution in [0.5, 0.6) is 0 Å². The number of hydrogen-bond donors (Lipinski definition) is 2. The second kappa shape index (κ2) is 15.9. The standard InChI is InChI=1S/C6H16N2.2H2O/c7-5-3-1-2-4-6-8;;/h1-8H2;2*1H2. The van der Waals surface area contributed by atoms with Crippen LogP contribution in [0.15, 0.2) is 0 Å². The first-order valence-electron chi connectivity index (χ1n) is 3.50. The summed E-state index contributed by atoms with van der Waals surface area (Å²) in [7, 11) is 0. The summed E-state index contributed by atoms with van der Waals surface area (Å²) < 4.78 is 0. The third-order valence-electron chi connectivity index (χ3n) is 1.25. The van der Waals surface area contributed by atoms with Crippen LogP contribution in [0.25, 0.3) is 0 Å². The fraction of sp³-hybridized carbons (Fsp3) is 1.00. The van der Waals surface area contributed by atoms with Crippen LogP contribution in [0, 0.1) is 0 Å². The van der Waals surface area contributed by atoms with Crippen LogP contribution in [0.2, 0.25) is 0 Å². The highest BCUT2D eigenvalue weighted by atomic mass is 16.0. The summed E-state index contributed by atoms with van der Waals surface area (Å²) in [4.78, 5) is 0. The summed E-state index contributed by atoms with van der Waals surface area (Å²) >= 11 is 0. The lowest BCUT2D eigenvalue weighted by molar-refractivity contribution is -0.371. The molecule has 10 heavy (non-hydrogen) atoms. The molecule has 0 saturated heterocycles. The van der Waals surface area contributed by atoms with E-state index in [9.17, 15) is 0 Å². The first-order chi connectivity index (χ1) is 3.91. The van der Waals surface area contributed by atoms with Crippen molar-refractivity contribution in [3.05, 3.63) is 0 Å². The Kier molecular flexibility index (Phi) is 26.2. The van der Waals surface area contributed by atoms with Gasteiger partial charge in [-0.3, -0.25) is 0 Å². The molecule has 0 amide bonds. The number of hydrogen-bond acceptors (Lipinski definition) is 2. The van der Waals surface area contributed by atoms with Gasteiger partial charge in [0, 0.05) is 0 Å². The summed E-state index contributed by atoms with van der Waals surface area (Å²) in [5.41, 5.74) is 7.54. The summed E-state index contributed by atoms with van der Waals surface area (Å²) in [6, 6.07) is 0. The van der Waals surface area contributed by atoms with Gasteiger partial charge in [0.15, 0.2) is 0 Å². The second-order valence-corrected chi connectivity index (χ2v) is 2.12. The zero-order valence-electron chi connectivity index (χ0n) is 6.55. The van der Waals surface area contributed by atoms with Crippen LogP contribution in [0.1, 0.15) is 25.7 Å². The van der Waals surface area contributed by atoms with E-state index in [1.807, 2.05) is 0 Å². The molecule has 66 valence electrons. The van der Waals surface area contributed by atoms with Crippen molar-refractivity contribution in [3.63, 3.8) is 0 Å². The van der Waals surface area contributed by atoms with Crippen molar-refractivity contribution in [1.82, 2.24) is 0 Å². The number of unbranched alkanes of at least 4 members (excludes halogenated alkanes) is 3. The SMILES string of the molecule is [NH3+]CCCCCC[NH3+].[OH-].[OH-]. The highest BCUT2D eigenvalue weighted by Crippen LogP contribution is 1.94. The van der Waals surface area contributed by atoms with Gasteiger partial charge in [-0.05, 0) is 25.7 Å². The maximum absolute atomic E-state index is 3.77. The fourth-order valence-corrected chi connectivity index (χ4v) is 0.707. The molecular formula is C6H20N2O2. The Morgan fingerprint density at radius 3 is 1.10 bits per heavy atom. The molecule has 0 unspecified atom stereocenters. The Morgan fingerprint density at radius 2 is 0.900 bits per heavy atom. The Bertz CT molecular complexity index is 38.7. The van der Waals surface area contributed by atoms with Gasteiger partial charge in [-0.2, -0.15) is 0 Å². The van der Waals surface area contributed by atoms with E-state index in [1.165, 1.54) is 25.7 Å². The highest BCUT2D eigenvalue weighted by Gasteiger charge is 1.86. The minimum Gasteiger partial charge on any atom is -0.870 e. The summed E-state index contributed by atoms with van der Waals surface area (Å²) in [6.45, 7) is 2.19. The van der Waals surface area contributed by atoms with Crippen molar-refractivity contribution in [2.24, 2.45) is 0 Å². The fourth-order valence-electron chi connectivity index (χ4n) is 0.707. The maximum Gasteiger partial charge on any atom is 0.0739 e. The Morgan fingerprint density at radius 1 is 0.600 bits per heavy atom. The second-order valence-electron chi connectivity index (χ2n) is 2.12. The first kappa shape index (κ1) is 16.4. The minimum atomic E-state index is 0. The molecule has 0 aliphatic heterocycles. The van der Waals surface area contributed by atoms with E-state index in [4.69, 9.17) is 0 Å². The lowest BCUT2D eigenvalue weighted by Gasteiger charge is -1.91. The Hall–Kier alpha value is -0.160. The van der Waals surface area contributed by atoms with Crippen LogP contribution in [-0.4, -0.2) is 24.0 Å². The highest BCUT2D eigenvalue weighted by molar-refractivity contribution is 4.38. The van der Waals surface area contributed by atoms with Crippen molar-refractivity contribution in [2.75, 3.05) is 13.1 Å². The van der Waals surface area contributed by atoms with E-state index in [1.54, 1.807) is 0 Å². The number of quaternary nitrogens is 2. The van der Waals surface area contributed by atoms with E-state index >= 15 is 0 Å². The van der Waals surface area contributed by atoms with Gasteiger partial charge >= 0.3 is 0 Å². The molecule has 0 aromatic heterocycles. The predicted octanol–water partition coefficient (Wildman–Crippen LogP) is -1.32. The van der Waals surface area contributed by atoms with Crippen LogP contribution in [0.4, 0.5) is 0 Å². The molecule has 0 bridgehead atoms. The average molecular weight is 152 g/mol. The van der Waals surface area contributed by atoms with Crippen molar-refractivity contribution in [3.8, 4) is 0 Å². The van der Waals surface area contributed by atoms with Gasteiger partial charge in [-0.25, -0.2) is 0 Å². The third-order valence-corrected chi connectivity index (χ3v) is 1.25. The van der Waals surface area contributed by atoms with Crippen LogP contribution in [-0.2, 0) is 0 Å². The van der Waals surface area contributed by atoms with Crippen LogP contribution in [0.3, 0.4) is 0 Å². The zero-order chi connectivity index (χ0) is 6.24. The summed E-state index contributed by atoms with van der Waals surface area (Å²) in [6.07, 6.45) is 5.28. The Balaban J connectivity index is -0.000000245. The molecule has 8 N–H and O–H groups in total. The molecule has 0 spiro atoms. The number of rotatable bonds is 5. The van der Waals surface area contributed by atoms with Gasteiger partial charge in [0.1, 0.15) is 0 Å². The third kappa shape index (κ3) is 15.7. The summed E-state index contributed by atoms with van der Waals surface area (Å²) in [5.74, 6) is 0. The van der Waals surface area contributed by atoms with Crippen LogP contribution >= 0.6 is 0 Å². The maximum atomic E-state index is 3.77. The van der Waals surface area contributed by atoms with E-state index in [0.717, 1.165) is 13.1 Å². The molecule has 4 heteroatoms. The van der Waals surface area contributed by atoms with E-state index in [2.05, 4.69) is 11.5 Å². The molecule has 4 nitrogen and oxygen atoms in total. The molecule has 0 heterocycles. The van der Waals surface area contributed by atoms with Crippen molar-refractivity contribution in [2.45, 2.75) is 25.7 Å². The molecular weight excluding hydrogens is 132 g/mol. The normalized spacial score (nSPS) is 7.80. The first-order valence-corrected chi connectivity index (χ1v) is 3.50. The summed E-state index contributed by atoms with van der Waals surface area (Å²) in [5, 5.41) is 0. The van der Waals surface area contributed by atoms with Gasteiger partial charge in [0.25, 0.3) is 0 Å². The molecule has 0 radical (unpaired) electrons. The van der Waals surface area contributed by atoms with Gasteiger partial charge in [0.2, 0.25) is 0 Å². The topological polar surface area (TPSA) is 115 Å². The lowest BCUT2D eigenvalue weighted by Crippen LogP contribution is -2.50. The molecule has 0 saturated carbocycles. The Labute approximate surface area is 62.2 Å². The van der Waals surface area contributed by atoms with Gasteiger partial charge < -0.3 is 22.4 Å².